The topological polar surface area (TPSA) is 70.2 Å². The van der Waals surface area contributed by atoms with Crippen molar-refractivity contribution in [2.75, 3.05) is 26.9 Å². The second-order valence-corrected chi connectivity index (χ2v) is 4.95. The van der Waals surface area contributed by atoms with Crippen LogP contribution in [0.2, 0.25) is 0 Å². The van der Waals surface area contributed by atoms with E-state index in [0.29, 0.717) is 31.1 Å². The lowest BCUT2D eigenvalue weighted by Gasteiger charge is -2.15. The van der Waals surface area contributed by atoms with Gasteiger partial charge in [0.25, 0.3) is 0 Å². The number of nitrogens with zero attached hydrogens (tertiary/aromatic N) is 4. The Bertz CT molecular complexity index is 688. The van der Waals surface area contributed by atoms with Gasteiger partial charge in [0.1, 0.15) is 18.2 Å². The van der Waals surface area contributed by atoms with Crippen LogP contribution in [0.4, 0.5) is 0 Å². The molecule has 2 aliphatic rings. The Balaban J connectivity index is 1.83. The molecule has 6 heteroatoms. The number of aliphatic imine (C=N–C) groups is 1. The van der Waals surface area contributed by atoms with E-state index in [2.05, 4.69) is 16.2 Å². The number of ether oxygens (including phenoxy) is 2. The molecule has 2 aliphatic heterocycles. The second-order valence-electron chi connectivity index (χ2n) is 4.95. The van der Waals surface area contributed by atoms with Gasteiger partial charge in [0.05, 0.1) is 30.8 Å². The third kappa shape index (κ3) is 3.00. The maximum Gasteiger partial charge on any atom is 0.144 e. The maximum atomic E-state index is 9.20. The van der Waals surface area contributed by atoms with Crippen LogP contribution < -0.4 is 4.74 Å². The fourth-order valence-corrected chi connectivity index (χ4v) is 2.39. The van der Waals surface area contributed by atoms with E-state index in [-0.39, 0.29) is 6.04 Å². The normalized spacial score (nSPS) is 18.8. The highest BCUT2D eigenvalue weighted by molar-refractivity contribution is 5.99. The molecule has 1 aromatic carbocycles. The molecule has 0 saturated carbocycles. The van der Waals surface area contributed by atoms with Gasteiger partial charge >= 0.3 is 0 Å². The van der Waals surface area contributed by atoms with E-state index < -0.39 is 0 Å². The number of nitriles is 1. The van der Waals surface area contributed by atoms with Crippen molar-refractivity contribution in [1.29, 1.82) is 5.26 Å². The molecule has 0 radical (unpaired) electrons. The van der Waals surface area contributed by atoms with Crippen LogP contribution in [0.3, 0.4) is 0 Å². The Labute approximate surface area is 129 Å². The maximum absolute atomic E-state index is 9.20. The van der Waals surface area contributed by atoms with Crippen molar-refractivity contribution in [1.82, 2.24) is 5.01 Å². The van der Waals surface area contributed by atoms with Gasteiger partial charge in [-0.25, -0.2) is 5.01 Å². The number of hydrogen-bond donors (Lipinski definition) is 0. The lowest BCUT2D eigenvalue weighted by atomic mass is 10.0. The average Bonchev–Trinajstić information content (AvgIpc) is 2.99. The van der Waals surface area contributed by atoms with Crippen LogP contribution in [0.15, 0.2) is 40.4 Å². The smallest absolute Gasteiger partial charge is 0.144 e. The second kappa shape index (κ2) is 6.41. The molecule has 1 unspecified atom stereocenters. The molecule has 0 spiro atoms. The van der Waals surface area contributed by atoms with Gasteiger partial charge in [-0.1, -0.05) is 0 Å². The van der Waals surface area contributed by atoms with E-state index in [0.717, 1.165) is 11.4 Å². The zero-order chi connectivity index (χ0) is 15.4. The van der Waals surface area contributed by atoms with Crippen molar-refractivity contribution >= 4 is 12.1 Å². The van der Waals surface area contributed by atoms with Gasteiger partial charge < -0.3 is 9.47 Å². The van der Waals surface area contributed by atoms with E-state index in [1.165, 1.54) is 0 Å². The van der Waals surface area contributed by atoms with Crippen molar-refractivity contribution in [2.24, 2.45) is 10.1 Å². The SMILES string of the molecule is COCCOc1cc(C#N)cc(C2CN3N=CC=CC3=N2)c1. The molecule has 0 fully saturated rings. The van der Waals surface area contributed by atoms with E-state index in [4.69, 9.17) is 9.47 Å². The van der Waals surface area contributed by atoms with Crippen molar-refractivity contribution in [2.45, 2.75) is 6.04 Å². The van der Waals surface area contributed by atoms with E-state index in [1.54, 1.807) is 19.4 Å². The molecule has 0 N–H and O–H groups in total. The number of amidine groups is 1. The third-order valence-electron chi connectivity index (χ3n) is 3.43. The first kappa shape index (κ1) is 14.3. The van der Waals surface area contributed by atoms with Crippen LogP contribution in [0.25, 0.3) is 0 Å². The number of methoxy groups -OCH3 is 1. The number of allylic oxidation sites excluding steroid dienone is 1. The Kier molecular flexibility index (Phi) is 4.17. The molecule has 1 atom stereocenters. The monoisotopic (exact) mass is 296 g/mol. The highest BCUT2D eigenvalue weighted by Gasteiger charge is 2.26. The van der Waals surface area contributed by atoms with Crippen LogP contribution >= 0.6 is 0 Å². The first-order valence-electron chi connectivity index (χ1n) is 7.03. The van der Waals surface area contributed by atoms with Crippen molar-refractivity contribution in [3.63, 3.8) is 0 Å². The van der Waals surface area contributed by atoms with Crippen LogP contribution in [-0.2, 0) is 4.74 Å². The zero-order valence-electron chi connectivity index (χ0n) is 12.3. The molecule has 6 nitrogen and oxygen atoms in total. The largest absolute Gasteiger partial charge is 0.491 e. The minimum atomic E-state index is -0.0482. The summed E-state index contributed by atoms with van der Waals surface area (Å²) in [6.07, 6.45) is 5.53. The molecular formula is C16H16N4O2. The number of hydrogen-bond acceptors (Lipinski definition) is 6. The summed E-state index contributed by atoms with van der Waals surface area (Å²) in [6.45, 7) is 1.62. The summed E-state index contributed by atoms with van der Waals surface area (Å²) in [4.78, 5) is 4.65. The lowest BCUT2D eigenvalue weighted by molar-refractivity contribution is 0.146. The van der Waals surface area contributed by atoms with E-state index in [1.807, 2.05) is 29.3 Å². The Morgan fingerprint density at radius 1 is 1.36 bits per heavy atom. The number of hydrazone groups is 1. The highest BCUT2D eigenvalue weighted by Crippen LogP contribution is 2.29. The van der Waals surface area contributed by atoms with Gasteiger partial charge in [0, 0.05) is 13.3 Å². The minimum absolute atomic E-state index is 0.0482. The van der Waals surface area contributed by atoms with Crippen molar-refractivity contribution in [3.8, 4) is 11.8 Å². The minimum Gasteiger partial charge on any atom is -0.491 e. The molecule has 0 bridgehead atoms. The molecule has 112 valence electrons. The van der Waals surface area contributed by atoms with Gasteiger partial charge in [-0.05, 0) is 35.9 Å². The Morgan fingerprint density at radius 2 is 2.27 bits per heavy atom. The van der Waals surface area contributed by atoms with E-state index in [9.17, 15) is 5.26 Å². The molecule has 3 rings (SSSR count). The van der Waals surface area contributed by atoms with Gasteiger partial charge in [0.15, 0.2) is 0 Å². The van der Waals surface area contributed by atoms with Crippen molar-refractivity contribution in [3.05, 3.63) is 41.5 Å². The quantitative estimate of drug-likeness (QED) is 0.778. The van der Waals surface area contributed by atoms with Crippen LogP contribution in [0.1, 0.15) is 17.2 Å². The first-order chi connectivity index (χ1) is 10.8. The summed E-state index contributed by atoms with van der Waals surface area (Å²) < 4.78 is 10.6. The summed E-state index contributed by atoms with van der Waals surface area (Å²) in [5, 5.41) is 15.3. The fraction of sp³-hybridized carbons (Fsp3) is 0.312. The standard InChI is InChI=1S/C16H16N4O2/c1-21-5-6-22-14-8-12(10-17)7-13(9-14)15-11-20-16(19-15)3-2-4-18-20/h2-4,7-9,15H,5-6,11H2,1H3. The number of fused-ring (bicyclic) bond motifs is 1. The van der Waals surface area contributed by atoms with E-state index >= 15 is 0 Å². The van der Waals surface area contributed by atoms with Gasteiger partial charge in [0.2, 0.25) is 0 Å². The predicted molar refractivity (Wildman–Crippen MR) is 83.0 cm³/mol. The molecule has 0 saturated heterocycles. The van der Waals surface area contributed by atoms with Crippen LogP contribution in [0.5, 0.6) is 5.75 Å². The summed E-state index contributed by atoms with van der Waals surface area (Å²) >= 11 is 0. The fourth-order valence-electron chi connectivity index (χ4n) is 2.39. The van der Waals surface area contributed by atoms with Gasteiger partial charge in [-0.2, -0.15) is 10.4 Å². The van der Waals surface area contributed by atoms with Gasteiger partial charge in [-0.3, -0.25) is 4.99 Å². The number of rotatable bonds is 5. The molecule has 22 heavy (non-hydrogen) atoms. The Hall–Kier alpha value is -2.65. The Morgan fingerprint density at radius 3 is 3.05 bits per heavy atom. The summed E-state index contributed by atoms with van der Waals surface area (Å²) in [7, 11) is 1.62. The molecule has 0 aromatic heterocycles. The molecule has 1 aromatic rings. The summed E-state index contributed by atoms with van der Waals surface area (Å²) in [5.74, 6) is 1.51. The molecule has 0 aliphatic carbocycles. The highest BCUT2D eigenvalue weighted by atomic mass is 16.5. The summed E-state index contributed by atoms with van der Waals surface area (Å²) in [5.41, 5.74) is 1.52. The van der Waals surface area contributed by atoms with Gasteiger partial charge in [-0.15, -0.1) is 0 Å². The molecule has 2 heterocycles. The van der Waals surface area contributed by atoms with Crippen LogP contribution in [0, 0.1) is 11.3 Å². The first-order valence-corrected chi connectivity index (χ1v) is 7.03. The van der Waals surface area contributed by atoms with Crippen molar-refractivity contribution < 1.29 is 9.47 Å². The number of benzene rings is 1. The lowest BCUT2D eigenvalue weighted by Crippen LogP contribution is -2.22. The molecular weight excluding hydrogens is 280 g/mol. The predicted octanol–water partition coefficient (Wildman–Crippen LogP) is 1.89. The average molecular weight is 296 g/mol. The zero-order valence-corrected chi connectivity index (χ0v) is 12.3. The molecule has 0 amide bonds. The van der Waals surface area contributed by atoms with Crippen LogP contribution in [-0.4, -0.2) is 43.9 Å². The summed E-state index contributed by atoms with van der Waals surface area (Å²) in [6, 6.07) is 7.63. The third-order valence-corrected chi connectivity index (χ3v) is 3.43.